The predicted molar refractivity (Wildman–Crippen MR) is 102 cm³/mol. The topological polar surface area (TPSA) is 50.1 Å². The van der Waals surface area contributed by atoms with Gasteiger partial charge in [0.05, 0.1) is 18.4 Å². The molecule has 0 N–H and O–H groups in total. The molecule has 2 rings (SSSR count). The molecule has 0 fully saturated rings. The minimum atomic E-state index is -0.660. The summed E-state index contributed by atoms with van der Waals surface area (Å²) < 4.78 is 4.94. The van der Waals surface area contributed by atoms with E-state index in [9.17, 15) is 10.1 Å². The summed E-state index contributed by atoms with van der Waals surface area (Å²) in [4.78, 5) is 11.4. The van der Waals surface area contributed by atoms with Gasteiger partial charge in [-0.1, -0.05) is 60.7 Å². The quantitative estimate of drug-likeness (QED) is 0.489. The summed E-state index contributed by atoms with van der Waals surface area (Å²) in [5.41, 5.74) is 1.37. The number of carbonyl (C=O) groups excluding carboxylic acids is 1. The van der Waals surface area contributed by atoms with Gasteiger partial charge >= 0.3 is 5.97 Å². The van der Waals surface area contributed by atoms with Gasteiger partial charge in [0.15, 0.2) is 0 Å². The zero-order valence-electron chi connectivity index (χ0n) is 14.5. The normalized spacial score (nSPS) is 10.9. The number of hydrogen-bond acceptors (Lipinski definition) is 4. The van der Waals surface area contributed by atoms with Crippen molar-refractivity contribution < 1.29 is 9.53 Å². The Hall–Kier alpha value is -2.25. The Morgan fingerprint density at radius 1 is 1.08 bits per heavy atom. The molecule has 3 nitrogen and oxygen atoms in total. The highest BCUT2D eigenvalue weighted by molar-refractivity contribution is 7.99. The van der Waals surface area contributed by atoms with Crippen molar-refractivity contribution >= 4 is 17.7 Å². The van der Waals surface area contributed by atoms with E-state index in [1.807, 2.05) is 67.6 Å². The molecule has 0 amide bonds. The molecule has 0 radical (unpaired) electrons. The van der Waals surface area contributed by atoms with E-state index < -0.39 is 5.41 Å². The number of nitriles is 1. The first-order valence-electron chi connectivity index (χ1n) is 8.48. The fraction of sp³-hybridized carbons (Fsp3) is 0.333. The summed E-state index contributed by atoms with van der Waals surface area (Å²) in [6.07, 6.45) is 1.56. The average Bonchev–Trinajstić information content (AvgIpc) is 2.66. The molecule has 0 spiro atoms. The molecule has 0 unspecified atom stereocenters. The Balaban J connectivity index is 2.09. The summed E-state index contributed by atoms with van der Waals surface area (Å²) in [6, 6.07) is 22.4. The third kappa shape index (κ3) is 5.11. The highest BCUT2D eigenvalue weighted by atomic mass is 32.2. The second kappa shape index (κ2) is 9.90. The molecule has 0 aliphatic carbocycles. The zero-order valence-corrected chi connectivity index (χ0v) is 15.3. The van der Waals surface area contributed by atoms with E-state index in [0.29, 0.717) is 18.8 Å². The van der Waals surface area contributed by atoms with Gasteiger partial charge in [-0.2, -0.15) is 17.0 Å². The molecule has 2 aromatic rings. The molecule has 25 heavy (non-hydrogen) atoms. The molecule has 0 aliphatic rings. The van der Waals surface area contributed by atoms with Gasteiger partial charge in [0.1, 0.15) is 5.41 Å². The molecule has 4 heteroatoms. The van der Waals surface area contributed by atoms with E-state index in [1.165, 1.54) is 0 Å². The molecule has 0 bridgehead atoms. The molecule has 0 saturated carbocycles. The number of esters is 1. The largest absolute Gasteiger partial charge is 0.465 e. The van der Waals surface area contributed by atoms with Crippen molar-refractivity contribution in [3.05, 3.63) is 71.8 Å². The van der Waals surface area contributed by atoms with Crippen LogP contribution in [-0.2, 0) is 14.9 Å². The third-order valence-electron chi connectivity index (χ3n) is 4.09. The van der Waals surface area contributed by atoms with E-state index in [2.05, 4.69) is 6.07 Å². The van der Waals surface area contributed by atoms with E-state index in [-0.39, 0.29) is 5.97 Å². The van der Waals surface area contributed by atoms with Crippen LogP contribution in [0.1, 0.15) is 30.9 Å². The van der Waals surface area contributed by atoms with Gasteiger partial charge in [-0.05, 0) is 36.6 Å². The van der Waals surface area contributed by atoms with Crippen LogP contribution < -0.4 is 0 Å². The first-order valence-corrected chi connectivity index (χ1v) is 9.64. The van der Waals surface area contributed by atoms with Crippen LogP contribution in [0, 0.1) is 11.3 Å². The van der Waals surface area contributed by atoms with E-state index in [4.69, 9.17) is 4.74 Å². The first-order chi connectivity index (χ1) is 12.2. The van der Waals surface area contributed by atoms with Crippen LogP contribution in [-0.4, -0.2) is 24.1 Å². The number of ether oxygens (including phenoxy) is 1. The molecule has 0 aliphatic heterocycles. The van der Waals surface area contributed by atoms with Crippen molar-refractivity contribution in [3.8, 4) is 6.07 Å². The minimum Gasteiger partial charge on any atom is -0.465 e. The average molecular weight is 353 g/mol. The Morgan fingerprint density at radius 3 is 2.12 bits per heavy atom. The lowest BCUT2D eigenvalue weighted by molar-refractivity contribution is -0.139. The third-order valence-corrected chi connectivity index (χ3v) is 5.11. The van der Waals surface area contributed by atoms with Crippen LogP contribution in [0.5, 0.6) is 0 Å². The van der Waals surface area contributed by atoms with Gasteiger partial charge in [0.2, 0.25) is 0 Å². The predicted octanol–water partition coefficient (Wildman–Crippen LogP) is 4.57. The molecular weight excluding hydrogens is 330 g/mol. The minimum absolute atomic E-state index is 0.176. The molecule has 2 aromatic carbocycles. The fourth-order valence-electron chi connectivity index (χ4n) is 2.88. The van der Waals surface area contributed by atoms with Crippen molar-refractivity contribution in [2.45, 2.75) is 25.2 Å². The lowest BCUT2D eigenvalue weighted by Gasteiger charge is -2.28. The Kier molecular flexibility index (Phi) is 7.56. The summed E-state index contributed by atoms with van der Waals surface area (Å²) >= 11 is 1.56. The van der Waals surface area contributed by atoms with Gasteiger partial charge in [0.25, 0.3) is 0 Å². The summed E-state index contributed by atoms with van der Waals surface area (Å²) in [6.45, 7) is 2.22. The van der Waals surface area contributed by atoms with E-state index in [0.717, 1.165) is 23.3 Å². The van der Waals surface area contributed by atoms with Crippen molar-refractivity contribution in [2.75, 3.05) is 18.1 Å². The van der Waals surface area contributed by atoms with Crippen LogP contribution in [0.2, 0.25) is 0 Å². The standard InChI is InChI=1S/C21H23NO2S/c1-2-24-20(23)16-25-15-9-14-21(17-22,18-10-5-3-6-11-18)19-12-7-4-8-13-19/h3-8,10-13H,2,9,14-16H2,1H3. The second-order valence-corrected chi connectivity index (χ2v) is 6.82. The van der Waals surface area contributed by atoms with Crippen LogP contribution in [0.25, 0.3) is 0 Å². The number of nitrogens with zero attached hydrogens (tertiary/aromatic N) is 1. The van der Waals surface area contributed by atoms with Gasteiger partial charge < -0.3 is 4.74 Å². The van der Waals surface area contributed by atoms with E-state index >= 15 is 0 Å². The Bertz CT molecular complexity index is 655. The van der Waals surface area contributed by atoms with Crippen LogP contribution in [0.4, 0.5) is 0 Å². The molecule has 0 saturated heterocycles. The number of hydrogen-bond donors (Lipinski definition) is 0. The number of benzene rings is 2. The van der Waals surface area contributed by atoms with Crippen molar-refractivity contribution in [1.82, 2.24) is 0 Å². The maximum Gasteiger partial charge on any atom is 0.315 e. The monoisotopic (exact) mass is 353 g/mol. The highest BCUT2D eigenvalue weighted by Gasteiger charge is 2.33. The number of carbonyl (C=O) groups is 1. The van der Waals surface area contributed by atoms with Crippen molar-refractivity contribution in [2.24, 2.45) is 0 Å². The fourth-order valence-corrected chi connectivity index (χ4v) is 3.63. The molecule has 0 heterocycles. The van der Waals surface area contributed by atoms with Crippen molar-refractivity contribution in [3.63, 3.8) is 0 Å². The van der Waals surface area contributed by atoms with Crippen LogP contribution in [0.3, 0.4) is 0 Å². The van der Waals surface area contributed by atoms with Gasteiger partial charge in [0, 0.05) is 0 Å². The van der Waals surface area contributed by atoms with E-state index in [1.54, 1.807) is 11.8 Å². The Morgan fingerprint density at radius 2 is 1.64 bits per heavy atom. The summed E-state index contributed by atoms with van der Waals surface area (Å²) in [5, 5.41) is 10.1. The SMILES string of the molecule is CCOC(=O)CSCCCC(C#N)(c1ccccc1)c1ccccc1. The second-order valence-electron chi connectivity index (χ2n) is 5.71. The maximum atomic E-state index is 11.4. The van der Waals surface area contributed by atoms with Gasteiger partial charge in [-0.25, -0.2) is 0 Å². The number of thioether (sulfide) groups is 1. The van der Waals surface area contributed by atoms with Crippen LogP contribution in [0.15, 0.2) is 60.7 Å². The maximum absolute atomic E-state index is 11.4. The first kappa shape index (κ1) is 19.1. The van der Waals surface area contributed by atoms with Crippen molar-refractivity contribution in [1.29, 1.82) is 5.26 Å². The molecular formula is C21H23NO2S. The lowest BCUT2D eigenvalue weighted by Crippen LogP contribution is -2.26. The number of rotatable bonds is 9. The highest BCUT2D eigenvalue weighted by Crippen LogP contribution is 2.36. The molecule has 130 valence electrons. The van der Waals surface area contributed by atoms with Gasteiger partial charge in [-0.3, -0.25) is 4.79 Å². The van der Waals surface area contributed by atoms with Crippen LogP contribution >= 0.6 is 11.8 Å². The summed E-state index contributed by atoms with van der Waals surface area (Å²) in [7, 11) is 0. The smallest absolute Gasteiger partial charge is 0.315 e. The molecule has 0 aromatic heterocycles. The summed E-state index contributed by atoms with van der Waals surface area (Å²) in [5.74, 6) is 1.01. The lowest BCUT2D eigenvalue weighted by atomic mass is 9.72. The zero-order chi connectivity index (χ0) is 18.0. The molecule has 0 atom stereocenters. The Labute approximate surface area is 154 Å². The van der Waals surface area contributed by atoms with Gasteiger partial charge in [-0.15, -0.1) is 0 Å².